The zero-order chi connectivity index (χ0) is 11.4. The summed E-state index contributed by atoms with van der Waals surface area (Å²) in [5.41, 5.74) is 6.63. The lowest BCUT2D eigenvalue weighted by atomic mass is 10.2. The van der Waals surface area contributed by atoms with Gasteiger partial charge in [0.2, 0.25) is 0 Å². The molecule has 0 aliphatic rings. The molecule has 0 spiro atoms. The van der Waals surface area contributed by atoms with Crippen LogP contribution in [0.1, 0.15) is 10.4 Å². The smallest absolute Gasteiger partial charge is 0.137 e. The first-order chi connectivity index (χ1) is 7.79. The Labute approximate surface area is 97.7 Å². The van der Waals surface area contributed by atoms with E-state index in [1.54, 1.807) is 29.5 Å². The predicted octanol–water partition coefficient (Wildman–Crippen LogP) is 2.78. The number of nitrogens with two attached hydrogens (primary N) is 1. The summed E-state index contributed by atoms with van der Waals surface area (Å²) in [6, 6.07) is 11.1. The van der Waals surface area contributed by atoms with E-state index in [-0.39, 0.29) is 0 Å². The lowest BCUT2D eigenvalue weighted by Gasteiger charge is -2.06. The molecule has 1 aromatic heterocycles. The third-order valence-electron chi connectivity index (χ3n) is 2.07. The Bertz CT molecular complexity index is 514. The minimum absolute atomic E-state index is 0.469. The van der Waals surface area contributed by atoms with Crippen LogP contribution in [0.2, 0.25) is 0 Å². The highest BCUT2D eigenvalue weighted by atomic mass is 32.1. The predicted molar refractivity (Wildman–Crippen MR) is 64.2 cm³/mol. The molecule has 0 fully saturated rings. The fourth-order valence-corrected chi connectivity index (χ4v) is 1.92. The van der Waals surface area contributed by atoms with Crippen LogP contribution in [-0.4, -0.2) is 0 Å². The van der Waals surface area contributed by atoms with Crippen LogP contribution >= 0.6 is 11.3 Å². The van der Waals surface area contributed by atoms with Crippen LogP contribution in [0.15, 0.2) is 35.7 Å². The highest BCUT2D eigenvalue weighted by Gasteiger charge is 2.04. The SMILES string of the molecule is N#Cc1cc(N)ccc1OCc1cccs1. The van der Waals surface area contributed by atoms with Gasteiger partial charge in [-0.25, -0.2) is 0 Å². The largest absolute Gasteiger partial charge is 0.487 e. The monoisotopic (exact) mass is 230 g/mol. The Balaban J connectivity index is 2.13. The number of benzene rings is 1. The number of hydrogen-bond donors (Lipinski definition) is 1. The zero-order valence-corrected chi connectivity index (χ0v) is 9.33. The minimum Gasteiger partial charge on any atom is -0.487 e. The van der Waals surface area contributed by atoms with Gasteiger partial charge in [0, 0.05) is 10.6 Å². The number of ether oxygens (including phenoxy) is 1. The van der Waals surface area contributed by atoms with Gasteiger partial charge in [-0.2, -0.15) is 5.26 Å². The van der Waals surface area contributed by atoms with Gasteiger partial charge in [0.05, 0.1) is 5.56 Å². The average molecular weight is 230 g/mol. The number of thiophene rings is 1. The summed E-state index contributed by atoms with van der Waals surface area (Å²) >= 11 is 1.63. The molecule has 16 heavy (non-hydrogen) atoms. The molecular formula is C12H10N2OS. The van der Waals surface area contributed by atoms with Crippen LogP contribution < -0.4 is 10.5 Å². The maximum absolute atomic E-state index is 8.92. The highest BCUT2D eigenvalue weighted by Crippen LogP contribution is 2.22. The molecule has 0 saturated heterocycles. The Morgan fingerprint density at radius 1 is 1.38 bits per heavy atom. The second kappa shape index (κ2) is 4.69. The van der Waals surface area contributed by atoms with E-state index in [9.17, 15) is 0 Å². The van der Waals surface area contributed by atoms with Gasteiger partial charge in [-0.05, 0) is 29.6 Å². The summed E-state index contributed by atoms with van der Waals surface area (Å²) in [6.07, 6.45) is 0. The van der Waals surface area contributed by atoms with E-state index in [1.807, 2.05) is 17.5 Å². The third-order valence-corrected chi connectivity index (χ3v) is 2.92. The van der Waals surface area contributed by atoms with Crippen LogP contribution in [0.25, 0.3) is 0 Å². The molecule has 0 radical (unpaired) electrons. The Kier molecular flexibility index (Phi) is 3.08. The summed E-state index contributed by atoms with van der Waals surface area (Å²) < 4.78 is 5.56. The van der Waals surface area contributed by atoms with Gasteiger partial charge < -0.3 is 10.5 Å². The number of nitrogens with zero attached hydrogens (tertiary/aromatic N) is 1. The van der Waals surface area contributed by atoms with E-state index < -0.39 is 0 Å². The van der Waals surface area contributed by atoms with E-state index in [4.69, 9.17) is 15.7 Å². The molecule has 4 heteroatoms. The molecule has 1 aromatic carbocycles. The molecule has 0 saturated carbocycles. The third kappa shape index (κ3) is 2.33. The Morgan fingerprint density at radius 3 is 2.94 bits per heavy atom. The first-order valence-electron chi connectivity index (χ1n) is 4.74. The molecule has 3 nitrogen and oxygen atoms in total. The number of hydrogen-bond acceptors (Lipinski definition) is 4. The summed E-state index contributed by atoms with van der Waals surface area (Å²) in [6.45, 7) is 0.482. The van der Waals surface area contributed by atoms with Gasteiger partial charge in [-0.15, -0.1) is 11.3 Å². The number of anilines is 1. The average Bonchev–Trinajstić information content (AvgIpc) is 2.80. The fourth-order valence-electron chi connectivity index (χ4n) is 1.30. The summed E-state index contributed by atoms with van der Waals surface area (Å²) in [7, 11) is 0. The van der Waals surface area contributed by atoms with Crippen molar-refractivity contribution in [1.82, 2.24) is 0 Å². The van der Waals surface area contributed by atoms with Crippen LogP contribution in [0.3, 0.4) is 0 Å². The van der Waals surface area contributed by atoms with E-state index >= 15 is 0 Å². The van der Waals surface area contributed by atoms with E-state index in [1.165, 1.54) is 0 Å². The van der Waals surface area contributed by atoms with Gasteiger partial charge in [0.15, 0.2) is 0 Å². The van der Waals surface area contributed by atoms with Gasteiger partial charge in [0.1, 0.15) is 18.4 Å². The molecule has 2 rings (SSSR count). The molecule has 1 heterocycles. The van der Waals surface area contributed by atoms with Crippen molar-refractivity contribution in [2.24, 2.45) is 0 Å². The standard InChI is InChI=1S/C12H10N2OS/c13-7-9-6-10(14)3-4-12(9)15-8-11-2-1-5-16-11/h1-6H,8,14H2. The topological polar surface area (TPSA) is 59.0 Å². The van der Waals surface area contributed by atoms with Crippen LogP contribution in [0.5, 0.6) is 5.75 Å². The molecule has 0 aliphatic carbocycles. The first kappa shape index (κ1) is 10.5. The van der Waals surface area contributed by atoms with Crippen molar-refractivity contribution in [3.63, 3.8) is 0 Å². The van der Waals surface area contributed by atoms with E-state index in [0.717, 1.165) is 4.88 Å². The molecule has 80 valence electrons. The lowest BCUT2D eigenvalue weighted by Crippen LogP contribution is -1.96. The highest BCUT2D eigenvalue weighted by molar-refractivity contribution is 7.09. The summed E-state index contributed by atoms with van der Waals surface area (Å²) in [5.74, 6) is 0.574. The molecule has 0 aliphatic heterocycles. The van der Waals surface area contributed by atoms with Gasteiger partial charge in [0.25, 0.3) is 0 Å². The van der Waals surface area contributed by atoms with Crippen LogP contribution in [-0.2, 0) is 6.61 Å². The van der Waals surface area contributed by atoms with Crippen molar-refractivity contribution >= 4 is 17.0 Å². The van der Waals surface area contributed by atoms with Crippen molar-refractivity contribution in [2.75, 3.05) is 5.73 Å². The van der Waals surface area contributed by atoms with Crippen molar-refractivity contribution in [3.05, 3.63) is 46.2 Å². The Hall–Kier alpha value is -1.99. The molecule has 2 N–H and O–H groups in total. The second-order valence-corrected chi connectivity index (χ2v) is 4.27. The molecule has 0 unspecified atom stereocenters. The maximum atomic E-state index is 8.92. The molecule has 0 bridgehead atoms. The van der Waals surface area contributed by atoms with Crippen LogP contribution in [0.4, 0.5) is 5.69 Å². The van der Waals surface area contributed by atoms with Crippen LogP contribution in [0, 0.1) is 11.3 Å². The number of nitrogen functional groups attached to an aromatic ring is 1. The zero-order valence-electron chi connectivity index (χ0n) is 8.51. The molecule has 0 amide bonds. The van der Waals surface area contributed by atoms with Crippen molar-refractivity contribution in [2.45, 2.75) is 6.61 Å². The normalized spacial score (nSPS) is 9.69. The quantitative estimate of drug-likeness (QED) is 0.825. The van der Waals surface area contributed by atoms with Crippen molar-refractivity contribution < 1.29 is 4.74 Å². The number of rotatable bonds is 3. The first-order valence-corrected chi connectivity index (χ1v) is 5.62. The summed E-state index contributed by atoms with van der Waals surface area (Å²) in [5, 5.41) is 10.9. The van der Waals surface area contributed by atoms with Crippen molar-refractivity contribution in [1.29, 1.82) is 5.26 Å². The Morgan fingerprint density at radius 2 is 2.25 bits per heavy atom. The lowest BCUT2D eigenvalue weighted by molar-refractivity contribution is 0.309. The number of nitriles is 1. The van der Waals surface area contributed by atoms with E-state index in [0.29, 0.717) is 23.6 Å². The second-order valence-electron chi connectivity index (χ2n) is 3.24. The van der Waals surface area contributed by atoms with Gasteiger partial charge in [-0.3, -0.25) is 0 Å². The van der Waals surface area contributed by atoms with Crippen molar-refractivity contribution in [3.8, 4) is 11.8 Å². The summed E-state index contributed by atoms with van der Waals surface area (Å²) in [4.78, 5) is 1.13. The molecular weight excluding hydrogens is 220 g/mol. The minimum atomic E-state index is 0.469. The molecule has 2 aromatic rings. The fraction of sp³-hybridized carbons (Fsp3) is 0.0833. The molecule has 0 atom stereocenters. The van der Waals surface area contributed by atoms with Gasteiger partial charge >= 0.3 is 0 Å². The maximum Gasteiger partial charge on any atom is 0.137 e. The van der Waals surface area contributed by atoms with E-state index in [2.05, 4.69) is 6.07 Å². The van der Waals surface area contributed by atoms with Gasteiger partial charge in [-0.1, -0.05) is 6.07 Å².